The minimum atomic E-state index is -3.43. The first-order valence-electron chi connectivity index (χ1n) is 6.19. The molecular formula is C15H15NO2S. The van der Waals surface area contributed by atoms with E-state index in [1.807, 2.05) is 30.3 Å². The molecule has 98 valence electrons. The van der Waals surface area contributed by atoms with Crippen molar-refractivity contribution in [1.82, 2.24) is 0 Å². The Morgan fingerprint density at radius 3 is 2.47 bits per heavy atom. The van der Waals surface area contributed by atoms with E-state index >= 15 is 0 Å². The lowest BCUT2D eigenvalue weighted by molar-refractivity contribution is 0.576. The molecule has 0 fully saturated rings. The predicted molar refractivity (Wildman–Crippen MR) is 75.4 cm³/mol. The highest BCUT2D eigenvalue weighted by Gasteiger charge is 2.25. The van der Waals surface area contributed by atoms with Gasteiger partial charge >= 0.3 is 0 Å². The van der Waals surface area contributed by atoms with Gasteiger partial charge in [-0.3, -0.25) is 0 Å². The van der Waals surface area contributed by atoms with Crippen molar-refractivity contribution >= 4 is 20.6 Å². The van der Waals surface area contributed by atoms with Gasteiger partial charge in [-0.15, -0.1) is 0 Å². The summed E-state index contributed by atoms with van der Waals surface area (Å²) in [5.41, 5.74) is 0. The Hall–Kier alpha value is -1.86. The van der Waals surface area contributed by atoms with Crippen LogP contribution in [0.4, 0.5) is 0 Å². The van der Waals surface area contributed by atoms with Crippen LogP contribution in [-0.2, 0) is 9.84 Å². The number of nitrogens with zero attached hydrogens (tertiary/aromatic N) is 1. The van der Waals surface area contributed by atoms with Gasteiger partial charge in [0.15, 0.2) is 9.84 Å². The number of rotatable bonds is 4. The third-order valence-electron chi connectivity index (χ3n) is 3.26. The highest BCUT2D eigenvalue weighted by Crippen LogP contribution is 2.24. The average molecular weight is 273 g/mol. The summed E-state index contributed by atoms with van der Waals surface area (Å²) in [6.07, 6.45) is 0.481. The maximum Gasteiger partial charge on any atom is 0.182 e. The van der Waals surface area contributed by atoms with Crippen LogP contribution in [0.1, 0.15) is 19.8 Å². The van der Waals surface area contributed by atoms with Crippen LogP contribution in [0.15, 0.2) is 47.4 Å². The number of sulfone groups is 1. The molecule has 0 spiro atoms. The third kappa shape index (κ3) is 2.61. The zero-order valence-electron chi connectivity index (χ0n) is 10.7. The van der Waals surface area contributed by atoms with Crippen LogP contribution < -0.4 is 0 Å². The van der Waals surface area contributed by atoms with E-state index in [9.17, 15) is 8.42 Å². The second-order valence-electron chi connectivity index (χ2n) is 4.45. The molecule has 0 aromatic heterocycles. The van der Waals surface area contributed by atoms with Crippen LogP contribution in [0.25, 0.3) is 10.8 Å². The molecule has 2 aromatic carbocycles. The molecule has 0 bridgehead atoms. The van der Waals surface area contributed by atoms with Crippen LogP contribution >= 0.6 is 0 Å². The van der Waals surface area contributed by atoms with Gasteiger partial charge in [0.1, 0.15) is 0 Å². The standard InChI is InChI=1S/C15H15NO2S/c1-2-14(9-10-16)19(17,18)15-8-7-12-5-3-4-6-13(12)11-15/h3-8,11,14H,2,9H2,1H3. The van der Waals surface area contributed by atoms with Crippen molar-refractivity contribution in [2.24, 2.45) is 0 Å². The molecule has 2 aromatic rings. The van der Waals surface area contributed by atoms with Crippen LogP contribution in [0, 0.1) is 11.3 Å². The Bertz CT molecular complexity index is 729. The quantitative estimate of drug-likeness (QED) is 0.858. The predicted octanol–water partition coefficient (Wildman–Crippen LogP) is 3.31. The zero-order valence-corrected chi connectivity index (χ0v) is 11.5. The smallest absolute Gasteiger partial charge is 0.182 e. The summed E-state index contributed by atoms with van der Waals surface area (Å²) >= 11 is 0. The summed E-state index contributed by atoms with van der Waals surface area (Å²) in [5.74, 6) is 0. The van der Waals surface area contributed by atoms with Gasteiger partial charge in [0.2, 0.25) is 0 Å². The molecule has 0 aliphatic heterocycles. The molecule has 4 heteroatoms. The fourth-order valence-electron chi connectivity index (χ4n) is 2.11. The van der Waals surface area contributed by atoms with Crippen molar-refractivity contribution in [1.29, 1.82) is 5.26 Å². The summed E-state index contributed by atoms with van der Waals surface area (Å²) in [6, 6.07) is 14.7. The van der Waals surface area contributed by atoms with E-state index in [0.29, 0.717) is 11.3 Å². The minimum absolute atomic E-state index is 0.0334. The van der Waals surface area contributed by atoms with Gasteiger partial charge in [0, 0.05) is 0 Å². The lowest BCUT2D eigenvalue weighted by atomic mass is 10.1. The largest absolute Gasteiger partial charge is 0.223 e. The topological polar surface area (TPSA) is 57.9 Å². The van der Waals surface area contributed by atoms with E-state index in [-0.39, 0.29) is 6.42 Å². The van der Waals surface area contributed by atoms with Gasteiger partial charge in [-0.1, -0.05) is 37.3 Å². The molecule has 0 heterocycles. The Labute approximate surface area is 113 Å². The SMILES string of the molecule is CCC(CC#N)S(=O)(=O)c1ccc2ccccc2c1. The first-order valence-corrected chi connectivity index (χ1v) is 7.74. The molecule has 19 heavy (non-hydrogen) atoms. The van der Waals surface area contributed by atoms with Gasteiger partial charge in [-0.05, 0) is 29.3 Å². The molecule has 1 unspecified atom stereocenters. The normalized spacial score (nSPS) is 13.1. The van der Waals surface area contributed by atoms with Gasteiger partial charge in [0.25, 0.3) is 0 Å². The minimum Gasteiger partial charge on any atom is -0.223 e. The van der Waals surface area contributed by atoms with Crippen molar-refractivity contribution in [3.05, 3.63) is 42.5 Å². The van der Waals surface area contributed by atoms with Crippen molar-refractivity contribution in [3.63, 3.8) is 0 Å². The molecule has 0 radical (unpaired) electrons. The molecular weight excluding hydrogens is 258 g/mol. The van der Waals surface area contributed by atoms with Crippen molar-refractivity contribution in [2.75, 3.05) is 0 Å². The Kier molecular flexibility index (Phi) is 3.87. The molecule has 0 amide bonds. The maximum atomic E-state index is 12.4. The summed E-state index contributed by atoms with van der Waals surface area (Å²) in [7, 11) is -3.43. The van der Waals surface area contributed by atoms with Gasteiger partial charge in [-0.25, -0.2) is 8.42 Å². The first-order chi connectivity index (χ1) is 9.09. The highest BCUT2D eigenvalue weighted by molar-refractivity contribution is 7.92. The number of hydrogen-bond donors (Lipinski definition) is 0. The molecule has 0 saturated heterocycles. The summed E-state index contributed by atoms with van der Waals surface area (Å²) < 4.78 is 24.9. The molecule has 0 aliphatic carbocycles. The van der Waals surface area contributed by atoms with E-state index in [1.54, 1.807) is 25.1 Å². The van der Waals surface area contributed by atoms with Crippen molar-refractivity contribution < 1.29 is 8.42 Å². The van der Waals surface area contributed by atoms with E-state index in [0.717, 1.165) is 10.8 Å². The Morgan fingerprint density at radius 2 is 1.84 bits per heavy atom. The molecule has 1 atom stereocenters. The summed E-state index contributed by atoms with van der Waals surface area (Å²) in [6.45, 7) is 1.79. The molecule has 0 saturated carbocycles. The molecule has 3 nitrogen and oxygen atoms in total. The van der Waals surface area contributed by atoms with Gasteiger partial charge in [-0.2, -0.15) is 5.26 Å². The van der Waals surface area contributed by atoms with Crippen molar-refractivity contribution in [3.8, 4) is 6.07 Å². The maximum absolute atomic E-state index is 12.4. The van der Waals surface area contributed by atoms with Gasteiger partial charge in [0.05, 0.1) is 22.6 Å². The lowest BCUT2D eigenvalue weighted by Gasteiger charge is -2.13. The Balaban J connectivity index is 2.51. The second kappa shape index (κ2) is 5.41. The van der Waals surface area contributed by atoms with E-state index in [4.69, 9.17) is 5.26 Å². The Morgan fingerprint density at radius 1 is 1.16 bits per heavy atom. The van der Waals surface area contributed by atoms with E-state index in [1.165, 1.54) is 0 Å². The average Bonchev–Trinajstić information content (AvgIpc) is 2.44. The van der Waals surface area contributed by atoms with Gasteiger partial charge < -0.3 is 0 Å². The number of benzene rings is 2. The third-order valence-corrected chi connectivity index (χ3v) is 5.55. The lowest BCUT2D eigenvalue weighted by Crippen LogP contribution is -2.20. The van der Waals surface area contributed by atoms with Crippen LogP contribution in [0.2, 0.25) is 0 Å². The number of nitriles is 1. The molecule has 0 aliphatic rings. The second-order valence-corrected chi connectivity index (χ2v) is 6.67. The van der Waals surface area contributed by atoms with Crippen LogP contribution in [0.5, 0.6) is 0 Å². The van der Waals surface area contributed by atoms with Crippen LogP contribution in [-0.4, -0.2) is 13.7 Å². The summed E-state index contributed by atoms with van der Waals surface area (Å²) in [5, 5.41) is 10.0. The van der Waals surface area contributed by atoms with E-state index in [2.05, 4.69) is 0 Å². The van der Waals surface area contributed by atoms with Crippen LogP contribution in [0.3, 0.4) is 0 Å². The summed E-state index contributed by atoms with van der Waals surface area (Å²) in [4.78, 5) is 0.299. The monoisotopic (exact) mass is 273 g/mol. The first kappa shape index (κ1) is 13.6. The number of fused-ring (bicyclic) bond motifs is 1. The van der Waals surface area contributed by atoms with Crippen molar-refractivity contribution in [2.45, 2.75) is 29.9 Å². The number of hydrogen-bond acceptors (Lipinski definition) is 3. The van der Waals surface area contributed by atoms with E-state index < -0.39 is 15.1 Å². The fourth-order valence-corrected chi connectivity index (χ4v) is 3.78. The molecule has 0 N–H and O–H groups in total. The molecule has 2 rings (SSSR count). The zero-order chi connectivity index (χ0) is 13.9. The highest BCUT2D eigenvalue weighted by atomic mass is 32.2. The fraction of sp³-hybridized carbons (Fsp3) is 0.267.